The van der Waals surface area contributed by atoms with Crippen LogP contribution in [-0.4, -0.2) is 14.2 Å². The molecule has 112 valence electrons. The quantitative estimate of drug-likeness (QED) is 0.880. The minimum Gasteiger partial charge on any atom is -0.497 e. The first-order chi connectivity index (χ1) is 10.2. The predicted molar refractivity (Wildman–Crippen MR) is 81.5 cm³/mol. The molecule has 1 N–H and O–H groups in total. The van der Waals surface area contributed by atoms with Crippen molar-refractivity contribution in [2.24, 2.45) is 0 Å². The van der Waals surface area contributed by atoms with Crippen molar-refractivity contribution in [1.29, 1.82) is 0 Å². The second kappa shape index (κ2) is 7.29. The SMILES string of the molecule is CNCc1cc(OC)ccc1OCc1cccc(F)c1Cl. The van der Waals surface area contributed by atoms with E-state index in [1.807, 2.05) is 25.2 Å². The molecule has 0 fully saturated rings. The van der Waals surface area contributed by atoms with Crippen LogP contribution in [0.2, 0.25) is 5.02 Å². The maximum absolute atomic E-state index is 13.4. The highest BCUT2D eigenvalue weighted by molar-refractivity contribution is 6.31. The third-order valence-corrected chi connectivity index (χ3v) is 3.47. The maximum Gasteiger partial charge on any atom is 0.142 e. The summed E-state index contributed by atoms with van der Waals surface area (Å²) in [5.74, 6) is 1.03. The van der Waals surface area contributed by atoms with Gasteiger partial charge in [-0.3, -0.25) is 0 Å². The van der Waals surface area contributed by atoms with Crippen molar-refractivity contribution in [2.75, 3.05) is 14.2 Å². The number of hydrogen-bond acceptors (Lipinski definition) is 3. The van der Waals surface area contributed by atoms with Gasteiger partial charge in [0.25, 0.3) is 0 Å². The lowest BCUT2D eigenvalue weighted by molar-refractivity contribution is 0.301. The molecule has 0 unspecified atom stereocenters. The van der Waals surface area contributed by atoms with E-state index in [1.54, 1.807) is 19.2 Å². The molecule has 5 heteroatoms. The first-order valence-electron chi connectivity index (χ1n) is 6.53. The van der Waals surface area contributed by atoms with Crippen molar-refractivity contribution < 1.29 is 13.9 Å². The number of halogens is 2. The van der Waals surface area contributed by atoms with Gasteiger partial charge in [-0.25, -0.2) is 4.39 Å². The molecule has 0 bridgehead atoms. The van der Waals surface area contributed by atoms with Crippen molar-refractivity contribution in [3.05, 3.63) is 58.4 Å². The normalized spacial score (nSPS) is 10.5. The molecule has 0 saturated carbocycles. The van der Waals surface area contributed by atoms with E-state index in [1.165, 1.54) is 6.07 Å². The fraction of sp³-hybridized carbons (Fsp3) is 0.250. The fourth-order valence-corrected chi connectivity index (χ4v) is 2.15. The average molecular weight is 310 g/mol. The average Bonchev–Trinajstić information content (AvgIpc) is 2.50. The molecule has 2 aromatic rings. The van der Waals surface area contributed by atoms with Crippen LogP contribution in [-0.2, 0) is 13.2 Å². The molecule has 0 spiro atoms. The molecule has 0 aromatic heterocycles. The van der Waals surface area contributed by atoms with E-state index in [2.05, 4.69) is 5.32 Å². The topological polar surface area (TPSA) is 30.5 Å². The lowest BCUT2D eigenvalue weighted by atomic mass is 10.2. The minimum absolute atomic E-state index is 0.0983. The summed E-state index contributed by atoms with van der Waals surface area (Å²) in [5, 5.41) is 3.17. The van der Waals surface area contributed by atoms with Gasteiger partial charge in [0.1, 0.15) is 23.9 Å². The van der Waals surface area contributed by atoms with Crippen molar-refractivity contribution in [1.82, 2.24) is 5.32 Å². The first-order valence-corrected chi connectivity index (χ1v) is 6.90. The number of nitrogens with one attached hydrogen (secondary N) is 1. The standard InChI is InChI=1S/C16H17ClFNO2/c1-19-9-12-8-13(20-2)6-7-15(12)21-10-11-4-3-5-14(18)16(11)17/h3-8,19H,9-10H2,1-2H3. The number of ether oxygens (including phenoxy) is 2. The van der Waals surface area contributed by atoms with Crippen LogP contribution in [0.4, 0.5) is 4.39 Å². The van der Waals surface area contributed by atoms with Crippen LogP contribution in [0.3, 0.4) is 0 Å². The van der Waals surface area contributed by atoms with Crippen molar-refractivity contribution in [2.45, 2.75) is 13.2 Å². The molecule has 0 aliphatic carbocycles. The van der Waals surface area contributed by atoms with Gasteiger partial charge in [-0.2, -0.15) is 0 Å². The molecule has 0 amide bonds. The summed E-state index contributed by atoms with van der Waals surface area (Å²) < 4.78 is 24.4. The molecule has 0 saturated heterocycles. The highest BCUT2D eigenvalue weighted by atomic mass is 35.5. The van der Waals surface area contributed by atoms with Crippen LogP contribution < -0.4 is 14.8 Å². The lowest BCUT2D eigenvalue weighted by Crippen LogP contribution is -2.08. The van der Waals surface area contributed by atoms with Crippen LogP contribution in [0.25, 0.3) is 0 Å². The smallest absolute Gasteiger partial charge is 0.142 e. The molecule has 0 radical (unpaired) electrons. The zero-order valence-corrected chi connectivity index (χ0v) is 12.7. The first kappa shape index (κ1) is 15.6. The van der Waals surface area contributed by atoms with Gasteiger partial charge in [0.05, 0.1) is 12.1 Å². The maximum atomic E-state index is 13.4. The van der Waals surface area contributed by atoms with Gasteiger partial charge in [0.2, 0.25) is 0 Å². The Bertz CT molecular complexity index is 619. The molecule has 0 aliphatic heterocycles. The minimum atomic E-state index is -0.442. The second-order valence-electron chi connectivity index (χ2n) is 4.51. The van der Waals surface area contributed by atoms with Crippen molar-refractivity contribution in [3.8, 4) is 11.5 Å². The van der Waals surface area contributed by atoms with Gasteiger partial charge in [-0.1, -0.05) is 23.7 Å². The largest absolute Gasteiger partial charge is 0.497 e. The van der Waals surface area contributed by atoms with Crippen LogP contribution in [0.1, 0.15) is 11.1 Å². The van der Waals surface area contributed by atoms with E-state index in [4.69, 9.17) is 21.1 Å². The molecule has 2 aromatic carbocycles. The molecule has 0 atom stereocenters. The monoisotopic (exact) mass is 309 g/mol. The van der Waals surface area contributed by atoms with E-state index in [9.17, 15) is 4.39 Å². The van der Waals surface area contributed by atoms with Crippen LogP contribution in [0, 0.1) is 5.82 Å². The van der Waals surface area contributed by atoms with Crippen LogP contribution in [0.15, 0.2) is 36.4 Å². The Morgan fingerprint density at radius 3 is 2.71 bits per heavy atom. The summed E-state index contributed by atoms with van der Waals surface area (Å²) in [6.07, 6.45) is 0. The highest BCUT2D eigenvalue weighted by Crippen LogP contribution is 2.26. The van der Waals surface area contributed by atoms with E-state index in [0.29, 0.717) is 17.9 Å². The summed E-state index contributed by atoms with van der Waals surface area (Å²) in [6, 6.07) is 10.2. The molecule has 0 heterocycles. The van der Waals surface area contributed by atoms with Crippen molar-refractivity contribution in [3.63, 3.8) is 0 Å². The Kier molecular flexibility index (Phi) is 5.42. The summed E-state index contributed by atoms with van der Waals surface area (Å²) in [7, 11) is 3.47. The summed E-state index contributed by atoms with van der Waals surface area (Å²) in [5.41, 5.74) is 1.58. The number of benzene rings is 2. The number of hydrogen-bond donors (Lipinski definition) is 1. The Hall–Kier alpha value is -1.78. The Morgan fingerprint density at radius 2 is 2.00 bits per heavy atom. The third-order valence-electron chi connectivity index (χ3n) is 3.05. The van der Waals surface area contributed by atoms with E-state index in [-0.39, 0.29) is 11.6 Å². The predicted octanol–water partition coefficient (Wildman–Crippen LogP) is 3.79. The summed E-state index contributed by atoms with van der Waals surface area (Å²) >= 11 is 5.92. The Morgan fingerprint density at radius 1 is 1.19 bits per heavy atom. The zero-order chi connectivity index (χ0) is 15.2. The molecule has 21 heavy (non-hydrogen) atoms. The van der Waals surface area contributed by atoms with E-state index in [0.717, 1.165) is 11.3 Å². The number of methoxy groups -OCH3 is 1. The van der Waals surface area contributed by atoms with Gasteiger partial charge in [-0.15, -0.1) is 0 Å². The van der Waals surface area contributed by atoms with Gasteiger partial charge in [-0.05, 0) is 31.3 Å². The third kappa shape index (κ3) is 3.86. The van der Waals surface area contributed by atoms with Gasteiger partial charge in [0, 0.05) is 17.7 Å². The Labute approximate surface area is 128 Å². The molecule has 3 nitrogen and oxygen atoms in total. The number of rotatable bonds is 6. The molecule has 0 aliphatic rings. The van der Waals surface area contributed by atoms with E-state index < -0.39 is 5.82 Å². The second-order valence-corrected chi connectivity index (χ2v) is 4.88. The van der Waals surface area contributed by atoms with Gasteiger partial charge < -0.3 is 14.8 Å². The van der Waals surface area contributed by atoms with Gasteiger partial charge in [0.15, 0.2) is 0 Å². The summed E-state index contributed by atoms with van der Waals surface area (Å²) in [6.45, 7) is 0.850. The molecule has 2 rings (SSSR count). The zero-order valence-electron chi connectivity index (χ0n) is 12.0. The van der Waals surface area contributed by atoms with E-state index >= 15 is 0 Å². The van der Waals surface area contributed by atoms with Crippen molar-refractivity contribution >= 4 is 11.6 Å². The Balaban J connectivity index is 2.17. The van der Waals surface area contributed by atoms with Crippen LogP contribution in [0.5, 0.6) is 11.5 Å². The fourth-order valence-electron chi connectivity index (χ4n) is 1.97. The lowest BCUT2D eigenvalue weighted by Gasteiger charge is -2.13. The summed E-state index contributed by atoms with van der Waals surface area (Å²) in [4.78, 5) is 0. The van der Waals surface area contributed by atoms with Gasteiger partial charge >= 0.3 is 0 Å². The molecular weight excluding hydrogens is 293 g/mol. The van der Waals surface area contributed by atoms with Crippen LogP contribution >= 0.6 is 11.6 Å². The molecular formula is C16H17ClFNO2. The highest BCUT2D eigenvalue weighted by Gasteiger charge is 2.09.